The van der Waals surface area contributed by atoms with Crippen molar-refractivity contribution in [1.82, 2.24) is 9.78 Å². The van der Waals surface area contributed by atoms with Crippen LogP contribution in [-0.4, -0.2) is 20.6 Å². The molecule has 1 amide bonds. The highest BCUT2D eigenvalue weighted by Crippen LogP contribution is 2.18. The molecular formula is C11H10N4O4. The van der Waals surface area contributed by atoms with Crippen molar-refractivity contribution in [2.75, 3.05) is 0 Å². The van der Waals surface area contributed by atoms with Gasteiger partial charge in [-0.15, -0.1) is 0 Å². The number of aryl methyl sites for hydroxylation is 1. The molecule has 0 unspecified atom stereocenters. The van der Waals surface area contributed by atoms with Crippen molar-refractivity contribution in [3.05, 3.63) is 44.2 Å². The van der Waals surface area contributed by atoms with Crippen molar-refractivity contribution in [3.63, 3.8) is 0 Å². The molecule has 0 aliphatic rings. The zero-order valence-electron chi connectivity index (χ0n) is 9.99. The molecule has 0 atom stereocenters. The van der Waals surface area contributed by atoms with Gasteiger partial charge in [0.2, 0.25) is 5.43 Å². The second kappa shape index (κ2) is 4.48. The number of carbonyl (C=O) groups is 1. The standard InChI is InChI=1S/C11H10N4O4/c1-2-14-8-4-3-6(15(18)19)5-7(8)10(16)9(13-14)11(12)17/h3-5H,2H2,1H3,(H2,12,17). The molecule has 98 valence electrons. The average Bonchev–Trinajstić information content (AvgIpc) is 2.38. The molecule has 2 rings (SSSR count). The molecule has 2 N–H and O–H groups in total. The summed E-state index contributed by atoms with van der Waals surface area (Å²) in [5.74, 6) is -0.958. The van der Waals surface area contributed by atoms with Gasteiger partial charge in [0.05, 0.1) is 15.8 Å². The van der Waals surface area contributed by atoms with E-state index in [0.717, 1.165) is 6.07 Å². The third kappa shape index (κ3) is 2.03. The van der Waals surface area contributed by atoms with Crippen LogP contribution in [0.3, 0.4) is 0 Å². The first-order valence-electron chi connectivity index (χ1n) is 5.44. The number of non-ortho nitro benzene ring substituents is 1. The minimum atomic E-state index is -0.958. The summed E-state index contributed by atoms with van der Waals surface area (Å²) in [7, 11) is 0. The number of nitro groups is 1. The van der Waals surface area contributed by atoms with Crippen LogP contribution in [0.4, 0.5) is 5.69 Å². The van der Waals surface area contributed by atoms with Gasteiger partial charge in [-0.1, -0.05) is 0 Å². The van der Waals surface area contributed by atoms with Crippen LogP contribution in [-0.2, 0) is 6.54 Å². The van der Waals surface area contributed by atoms with Crippen LogP contribution in [0.1, 0.15) is 17.4 Å². The van der Waals surface area contributed by atoms with Gasteiger partial charge in [0.15, 0.2) is 5.69 Å². The van der Waals surface area contributed by atoms with Gasteiger partial charge in [0.25, 0.3) is 11.6 Å². The highest BCUT2D eigenvalue weighted by Gasteiger charge is 2.17. The lowest BCUT2D eigenvalue weighted by atomic mass is 10.1. The summed E-state index contributed by atoms with van der Waals surface area (Å²) in [5.41, 5.74) is 4.15. The predicted octanol–water partition coefficient (Wildman–Crippen LogP) is 0.423. The molecule has 1 aromatic heterocycles. The fraction of sp³-hybridized carbons (Fsp3) is 0.182. The number of nitrogens with two attached hydrogens (primary N) is 1. The molecule has 8 nitrogen and oxygen atoms in total. The van der Waals surface area contributed by atoms with Crippen molar-refractivity contribution in [3.8, 4) is 0 Å². The maximum absolute atomic E-state index is 12.0. The van der Waals surface area contributed by atoms with Gasteiger partial charge in [-0.2, -0.15) is 5.10 Å². The van der Waals surface area contributed by atoms with Gasteiger partial charge < -0.3 is 5.73 Å². The molecule has 0 saturated heterocycles. The molecule has 0 fully saturated rings. The van der Waals surface area contributed by atoms with E-state index in [2.05, 4.69) is 5.10 Å². The number of aromatic nitrogens is 2. The molecule has 0 aliphatic heterocycles. The van der Waals surface area contributed by atoms with E-state index < -0.39 is 22.0 Å². The smallest absolute Gasteiger partial charge is 0.273 e. The third-order valence-electron chi connectivity index (χ3n) is 2.68. The summed E-state index contributed by atoms with van der Waals surface area (Å²) < 4.78 is 1.40. The quantitative estimate of drug-likeness (QED) is 0.634. The molecule has 0 saturated carbocycles. The first kappa shape index (κ1) is 12.7. The highest BCUT2D eigenvalue weighted by atomic mass is 16.6. The Bertz CT molecular complexity index is 750. The Balaban J connectivity index is 2.92. The van der Waals surface area contributed by atoms with Gasteiger partial charge in [-0.25, -0.2) is 0 Å². The fourth-order valence-corrected chi connectivity index (χ4v) is 1.79. The maximum Gasteiger partial charge on any atom is 0.273 e. The van der Waals surface area contributed by atoms with Crippen LogP contribution >= 0.6 is 0 Å². The summed E-state index contributed by atoms with van der Waals surface area (Å²) in [6, 6.07) is 3.83. The second-order valence-electron chi connectivity index (χ2n) is 3.82. The number of nitro benzene ring substituents is 1. The van der Waals surface area contributed by atoms with Crippen LogP contribution in [0.5, 0.6) is 0 Å². The Labute approximate surface area is 106 Å². The predicted molar refractivity (Wildman–Crippen MR) is 66.8 cm³/mol. The second-order valence-corrected chi connectivity index (χ2v) is 3.82. The lowest BCUT2D eigenvalue weighted by molar-refractivity contribution is -0.384. The van der Waals surface area contributed by atoms with Crippen LogP contribution in [0.2, 0.25) is 0 Å². The summed E-state index contributed by atoms with van der Waals surface area (Å²) in [6.07, 6.45) is 0. The Morgan fingerprint density at radius 1 is 1.53 bits per heavy atom. The minimum Gasteiger partial charge on any atom is -0.364 e. The minimum absolute atomic E-state index is 0.0554. The molecular weight excluding hydrogens is 252 g/mol. The number of nitrogens with zero attached hydrogens (tertiary/aromatic N) is 3. The molecule has 1 heterocycles. The summed E-state index contributed by atoms with van der Waals surface area (Å²) in [5, 5.41) is 14.6. The number of benzene rings is 1. The zero-order chi connectivity index (χ0) is 14.2. The van der Waals surface area contributed by atoms with E-state index in [0.29, 0.717) is 12.1 Å². The largest absolute Gasteiger partial charge is 0.364 e. The summed E-state index contributed by atoms with van der Waals surface area (Å²) >= 11 is 0. The number of hydrogen-bond donors (Lipinski definition) is 1. The van der Waals surface area contributed by atoms with Crippen LogP contribution in [0.25, 0.3) is 10.9 Å². The van der Waals surface area contributed by atoms with Gasteiger partial charge >= 0.3 is 0 Å². The molecule has 2 aromatic rings. The van der Waals surface area contributed by atoms with E-state index in [-0.39, 0.29) is 11.1 Å². The van der Waals surface area contributed by atoms with E-state index in [1.165, 1.54) is 16.8 Å². The number of fused-ring (bicyclic) bond motifs is 1. The number of hydrogen-bond acceptors (Lipinski definition) is 5. The highest BCUT2D eigenvalue weighted by molar-refractivity contribution is 5.94. The van der Waals surface area contributed by atoms with Crippen molar-refractivity contribution >= 4 is 22.5 Å². The van der Waals surface area contributed by atoms with E-state index in [1.54, 1.807) is 6.92 Å². The number of amides is 1. The Morgan fingerprint density at radius 3 is 2.74 bits per heavy atom. The first-order valence-corrected chi connectivity index (χ1v) is 5.44. The Morgan fingerprint density at radius 2 is 2.21 bits per heavy atom. The molecule has 0 bridgehead atoms. The normalized spacial score (nSPS) is 10.6. The topological polar surface area (TPSA) is 121 Å². The lowest BCUT2D eigenvalue weighted by Gasteiger charge is -2.08. The Kier molecular flexibility index (Phi) is 2.99. The number of rotatable bonds is 3. The fourth-order valence-electron chi connectivity index (χ4n) is 1.79. The lowest BCUT2D eigenvalue weighted by Crippen LogP contribution is -2.27. The monoisotopic (exact) mass is 262 g/mol. The van der Waals surface area contributed by atoms with Crippen molar-refractivity contribution in [2.45, 2.75) is 13.5 Å². The third-order valence-corrected chi connectivity index (χ3v) is 2.68. The van der Waals surface area contributed by atoms with E-state index >= 15 is 0 Å². The van der Waals surface area contributed by atoms with Gasteiger partial charge in [-0.05, 0) is 13.0 Å². The van der Waals surface area contributed by atoms with Crippen LogP contribution in [0, 0.1) is 10.1 Å². The number of primary amides is 1. The van der Waals surface area contributed by atoms with Gasteiger partial charge in [-0.3, -0.25) is 24.4 Å². The van der Waals surface area contributed by atoms with Gasteiger partial charge in [0.1, 0.15) is 0 Å². The Hall–Kier alpha value is -2.77. The van der Waals surface area contributed by atoms with E-state index in [1.807, 2.05) is 0 Å². The average molecular weight is 262 g/mol. The molecule has 0 spiro atoms. The maximum atomic E-state index is 12.0. The SMILES string of the molecule is CCn1nc(C(N)=O)c(=O)c2cc([N+](=O)[O-])ccc21. The van der Waals surface area contributed by atoms with Crippen molar-refractivity contribution in [1.29, 1.82) is 0 Å². The van der Waals surface area contributed by atoms with Crippen LogP contribution < -0.4 is 11.2 Å². The zero-order valence-corrected chi connectivity index (χ0v) is 9.99. The molecule has 8 heteroatoms. The number of carbonyl (C=O) groups excluding carboxylic acids is 1. The summed E-state index contributed by atoms with van der Waals surface area (Å²) in [4.78, 5) is 33.3. The molecule has 1 aromatic carbocycles. The van der Waals surface area contributed by atoms with E-state index in [4.69, 9.17) is 5.73 Å². The molecule has 0 radical (unpaired) electrons. The first-order chi connectivity index (χ1) is 8.95. The van der Waals surface area contributed by atoms with Crippen molar-refractivity contribution in [2.24, 2.45) is 5.73 Å². The van der Waals surface area contributed by atoms with Gasteiger partial charge in [0, 0.05) is 18.7 Å². The molecule has 19 heavy (non-hydrogen) atoms. The van der Waals surface area contributed by atoms with E-state index in [9.17, 15) is 19.7 Å². The van der Waals surface area contributed by atoms with Crippen molar-refractivity contribution < 1.29 is 9.72 Å². The molecule has 0 aliphatic carbocycles. The van der Waals surface area contributed by atoms with Crippen LogP contribution in [0.15, 0.2) is 23.0 Å². The summed E-state index contributed by atoms with van der Waals surface area (Å²) in [6.45, 7) is 2.16.